The third-order valence-electron chi connectivity index (χ3n) is 3.12. The Hall–Kier alpha value is -1.49. The molecule has 0 amide bonds. The molecule has 0 saturated heterocycles. The number of hydrogen-bond donors (Lipinski definition) is 2. The molecule has 0 radical (unpaired) electrons. The first-order valence-corrected chi connectivity index (χ1v) is 6.17. The van der Waals surface area contributed by atoms with Crippen molar-refractivity contribution >= 4 is 10.9 Å². The van der Waals surface area contributed by atoms with Crippen LogP contribution in [0, 0.1) is 0 Å². The highest BCUT2D eigenvalue weighted by molar-refractivity contribution is 5.82. The summed E-state index contributed by atoms with van der Waals surface area (Å²) in [7, 11) is 4.14. The number of fused-ring (bicyclic) bond motifs is 1. The van der Waals surface area contributed by atoms with Crippen molar-refractivity contribution in [1.29, 1.82) is 0 Å². The van der Waals surface area contributed by atoms with E-state index in [0.717, 1.165) is 18.5 Å². The van der Waals surface area contributed by atoms with E-state index in [1.807, 2.05) is 24.4 Å². The molecule has 0 aliphatic heterocycles. The second-order valence-electron chi connectivity index (χ2n) is 4.73. The third kappa shape index (κ3) is 2.85. The van der Waals surface area contributed by atoms with Gasteiger partial charge in [-0.15, -0.1) is 0 Å². The van der Waals surface area contributed by atoms with Crippen LogP contribution in [0.2, 0.25) is 0 Å². The number of benzene rings is 1. The number of nitrogens with two attached hydrogens (primary N) is 1. The topological polar surface area (TPSA) is 54.2 Å². The third-order valence-corrected chi connectivity index (χ3v) is 3.12. The van der Waals surface area contributed by atoms with Gasteiger partial charge < -0.3 is 4.90 Å². The van der Waals surface area contributed by atoms with Crippen LogP contribution in [0.25, 0.3) is 10.9 Å². The standard InChI is InChI=1S/C14H20N4/c1-18(2)10-8-14(17-15)12-5-3-7-13-11(12)6-4-9-16-13/h3-7,9,14,17H,8,10,15H2,1-2H3. The van der Waals surface area contributed by atoms with Gasteiger partial charge in [0, 0.05) is 17.6 Å². The summed E-state index contributed by atoms with van der Waals surface area (Å²) in [6.07, 6.45) is 2.79. The summed E-state index contributed by atoms with van der Waals surface area (Å²) >= 11 is 0. The normalized spacial score (nSPS) is 13.1. The van der Waals surface area contributed by atoms with Crippen LogP contribution >= 0.6 is 0 Å². The molecule has 4 nitrogen and oxygen atoms in total. The number of hydrazine groups is 1. The molecule has 0 aliphatic rings. The number of hydrogen-bond acceptors (Lipinski definition) is 4. The SMILES string of the molecule is CN(C)CCC(NN)c1cccc2ncccc12. The number of rotatable bonds is 5. The zero-order chi connectivity index (χ0) is 13.0. The van der Waals surface area contributed by atoms with Crippen LogP contribution in [0.5, 0.6) is 0 Å². The van der Waals surface area contributed by atoms with Crippen molar-refractivity contribution in [3.63, 3.8) is 0 Å². The van der Waals surface area contributed by atoms with Gasteiger partial charge in [0.15, 0.2) is 0 Å². The number of nitrogens with one attached hydrogen (secondary N) is 1. The summed E-state index contributed by atoms with van der Waals surface area (Å²) in [6.45, 7) is 0.992. The van der Waals surface area contributed by atoms with Crippen LogP contribution in [0.3, 0.4) is 0 Å². The zero-order valence-electron chi connectivity index (χ0n) is 10.9. The average molecular weight is 244 g/mol. The molecule has 1 unspecified atom stereocenters. The minimum Gasteiger partial charge on any atom is -0.309 e. The van der Waals surface area contributed by atoms with Gasteiger partial charge in [-0.05, 0) is 44.8 Å². The Morgan fingerprint density at radius 3 is 2.83 bits per heavy atom. The highest BCUT2D eigenvalue weighted by atomic mass is 15.2. The molecule has 3 N–H and O–H groups in total. The fraction of sp³-hybridized carbons (Fsp3) is 0.357. The van der Waals surface area contributed by atoms with Gasteiger partial charge in [-0.1, -0.05) is 18.2 Å². The van der Waals surface area contributed by atoms with Crippen molar-refractivity contribution in [2.45, 2.75) is 12.5 Å². The molecular weight excluding hydrogens is 224 g/mol. The van der Waals surface area contributed by atoms with Crippen molar-refractivity contribution in [2.75, 3.05) is 20.6 Å². The van der Waals surface area contributed by atoms with E-state index < -0.39 is 0 Å². The van der Waals surface area contributed by atoms with Gasteiger partial charge >= 0.3 is 0 Å². The summed E-state index contributed by atoms with van der Waals surface area (Å²) in [6, 6.07) is 10.4. The molecule has 0 saturated carbocycles. The molecule has 96 valence electrons. The first kappa shape index (κ1) is 13.0. The van der Waals surface area contributed by atoms with E-state index in [2.05, 4.69) is 41.5 Å². The molecular formula is C14H20N4. The van der Waals surface area contributed by atoms with E-state index in [4.69, 9.17) is 5.84 Å². The number of pyridine rings is 1. The van der Waals surface area contributed by atoms with Gasteiger partial charge in [0.25, 0.3) is 0 Å². The second-order valence-corrected chi connectivity index (χ2v) is 4.73. The van der Waals surface area contributed by atoms with Gasteiger partial charge in [0.05, 0.1) is 5.52 Å². The Morgan fingerprint density at radius 2 is 2.11 bits per heavy atom. The van der Waals surface area contributed by atoms with E-state index in [1.54, 1.807) is 0 Å². The summed E-state index contributed by atoms with van der Waals surface area (Å²) in [4.78, 5) is 6.54. The minimum absolute atomic E-state index is 0.153. The van der Waals surface area contributed by atoms with Gasteiger partial charge in [0.1, 0.15) is 0 Å². The molecule has 0 fully saturated rings. The lowest BCUT2D eigenvalue weighted by Crippen LogP contribution is -2.30. The Labute approximate surface area is 108 Å². The van der Waals surface area contributed by atoms with Gasteiger partial charge in [0.2, 0.25) is 0 Å². The summed E-state index contributed by atoms with van der Waals surface area (Å²) in [5.74, 6) is 5.69. The summed E-state index contributed by atoms with van der Waals surface area (Å²) in [5, 5.41) is 1.17. The Balaban J connectivity index is 2.32. The molecule has 2 aromatic rings. The first-order chi connectivity index (χ1) is 8.72. The summed E-state index contributed by atoms with van der Waals surface area (Å²) < 4.78 is 0. The van der Waals surface area contributed by atoms with Crippen molar-refractivity contribution in [1.82, 2.24) is 15.3 Å². The highest BCUT2D eigenvalue weighted by Crippen LogP contribution is 2.24. The zero-order valence-corrected chi connectivity index (χ0v) is 10.9. The monoisotopic (exact) mass is 244 g/mol. The number of nitrogens with zero attached hydrogens (tertiary/aromatic N) is 2. The predicted molar refractivity (Wildman–Crippen MR) is 75.0 cm³/mol. The average Bonchev–Trinajstić information content (AvgIpc) is 2.39. The molecule has 18 heavy (non-hydrogen) atoms. The Bertz CT molecular complexity index is 505. The molecule has 1 heterocycles. The molecule has 0 aliphatic carbocycles. The van der Waals surface area contributed by atoms with Gasteiger partial charge in [-0.25, -0.2) is 0 Å². The Morgan fingerprint density at radius 1 is 1.28 bits per heavy atom. The molecule has 0 spiro atoms. The molecule has 1 aromatic heterocycles. The lowest BCUT2D eigenvalue weighted by atomic mass is 9.99. The molecule has 4 heteroatoms. The van der Waals surface area contributed by atoms with Crippen LogP contribution in [0.15, 0.2) is 36.5 Å². The lowest BCUT2D eigenvalue weighted by molar-refractivity contribution is 0.363. The van der Waals surface area contributed by atoms with Crippen LogP contribution in [0.4, 0.5) is 0 Å². The van der Waals surface area contributed by atoms with E-state index in [-0.39, 0.29) is 6.04 Å². The van der Waals surface area contributed by atoms with Crippen molar-refractivity contribution in [3.05, 3.63) is 42.1 Å². The predicted octanol–water partition coefficient (Wildman–Crippen LogP) is 1.69. The molecule has 2 rings (SSSR count). The first-order valence-electron chi connectivity index (χ1n) is 6.17. The largest absolute Gasteiger partial charge is 0.309 e. The van der Waals surface area contributed by atoms with Crippen molar-refractivity contribution in [2.24, 2.45) is 5.84 Å². The fourth-order valence-electron chi connectivity index (χ4n) is 2.15. The Kier molecular flexibility index (Phi) is 4.25. The maximum atomic E-state index is 5.69. The van der Waals surface area contributed by atoms with E-state index in [9.17, 15) is 0 Å². The van der Waals surface area contributed by atoms with Crippen molar-refractivity contribution in [3.8, 4) is 0 Å². The van der Waals surface area contributed by atoms with Crippen LogP contribution in [-0.4, -0.2) is 30.5 Å². The van der Waals surface area contributed by atoms with Gasteiger partial charge in [-0.2, -0.15) is 0 Å². The van der Waals surface area contributed by atoms with E-state index >= 15 is 0 Å². The smallest absolute Gasteiger partial charge is 0.0705 e. The highest BCUT2D eigenvalue weighted by Gasteiger charge is 2.13. The maximum Gasteiger partial charge on any atom is 0.0705 e. The van der Waals surface area contributed by atoms with Crippen LogP contribution < -0.4 is 11.3 Å². The van der Waals surface area contributed by atoms with Gasteiger partial charge in [-0.3, -0.25) is 16.3 Å². The van der Waals surface area contributed by atoms with E-state index in [1.165, 1.54) is 10.9 Å². The van der Waals surface area contributed by atoms with Crippen LogP contribution in [-0.2, 0) is 0 Å². The maximum absolute atomic E-state index is 5.69. The summed E-state index contributed by atoms with van der Waals surface area (Å²) in [5.41, 5.74) is 5.14. The minimum atomic E-state index is 0.153. The van der Waals surface area contributed by atoms with E-state index in [0.29, 0.717) is 0 Å². The quantitative estimate of drug-likeness (QED) is 0.621. The lowest BCUT2D eigenvalue weighted by Gasteiger charge is -2.20. The van der Waals surface area contributed by atoms with Crippen LogP contribution in [0.1, 0.15) is 18.0 Å². The molecule has 0 bridgehead atoms. The van der Waals surface area contributed by atoms with Crippen molar-refractivity contribution < 1.29 is 0 Å². The fourth-order valence-corrected chi connectivity index (χ4v) is 2.15. The molecule has 1 atom stereocenters. The second kappa shape index (κ2) is 5.91. The molecule has 1 aromatic carbocycles. The number of aromatic nitrogens is 1.